The van der Waals surface area contributed by atoms with E-state index in [9.17, 15) is 0 Å². The summed E-state index contributed by atoms with van der Waals surface area (Å²) in [4.78, 5) is 13.3. The fourth-order valence-electron chi connectivity index (χ4n) is 1.99. The lowest BCUT2D eigenvalue weighted by Crippen LogP contribution is -2.09. The quantitative estimate of drug-likeness (QED) is 0.878. The van der Waals surface area contributed by atoms with Crippen molar-refractivity contribution in [2.75, 3.05) is 0 Å². The zero-order chi connectivity index (χ0) is 13.3. The van der Waals surface area contributed by atoms with Crippen LogP contribution in [0, 0.1) is 20.8 Å². The molecule has 2 rings (SSSR count). The van der Waals surface area contributed by atoms with Crippen LogP contribution in [0.3, 0.4) is 0 Å². The van der Waals surface area contributed by atoms with Crippen molar-refractivity contribution in [2.24, 2.45) is 5.73 Å². The zero-order valence-electron chi connectivity index (χ0n) is 11.2. The minimum atomic E-state index is -0.0499. The first kappa shape index (κ1) is 12.6. The molecule has 2 aromatic rings. The first-order valence-electron chi connectivity index (χ1n) is 6.01. The van der Waals surface area contributed by atoms with Crippen molar-refractivity contribution >= 4 is 0 Å². The van der Waals surface area contributed by atoms with Crippen LogP contribution in [0.1, 0.15) is 35.3 Å². The summed E-state index contributed by atoms with van der Waals surface area (Å²) in [5, 5.41) is 0. The van der Waals surface area contributed by atoms with Crippen LogP contribution in [-0.2, 0) is 0 Å². The lowest BCUT2D eigenvalue weighted by Gasteiger charge is -2.10. The summed E-state index contributed by atoms with van der Waals surface area (Å²) in [6.07, 6.45) is 3.63. The van der Waals surface area contributed by atoms with Crippen molar-refractivity contribution in [1.29, 1.82) is 0 Å². The number of aromatic nitrogens is 3. The number of hydrogen-bond acceptors (Lipinski definition) is 4. The monoisotopic (exact) mass is 242 g/mol. The number of hydrogen-bond donors (Lipinski definition) is 1. The maximum Gasteiger partial charge on any atom is 0.178 e. The second-order valence-corrected chi connectivity index (χ2v) is 4.70. The van der Waals surface area contributed by atoms with Crippen LogP contribution in [0.5, 0.6) is 0 Å². The van der Waals surface area contributed by atoms with Gasteiger partial charge in [0.1, 0.15) is 5.69 Å². The lowest BCUT2D eigenvalue weighted by molar-refractivity contribution is 0.789. The minimum absolute atomic E-state index is 0.0499. The molecular formula is C14H18N4. The number of rotatable bonds is 2. The number of pyridine rings is 1. The highest BCUT2D eigenvalue weighted by Crippen LogP contribution is 2.20. The predicted molar refractivity (Wildman–Crippen MR) is 72.1 cm³/mol. The summed E-state index contributed by atoms with van der Waals surface area (Å²) in [5.41, 5.74) is 10.8. The Hall–Kier alpha value is -1.81. The molecule has 0 radical (unpaired) electrons. The van der Waals surface area contributed by atoms with Gasteiger partial charge in [0.2, 0.25) is 0 Å². The van der Waals surface area contributed by atoms with Crippen LogP contribution in [0.15, 0.2) is 18.5 Å². The van der Waals surface area contributed by atoms with Gasteiger partial charge in [-0.05, 0) is 38.8 Å². The SMILES string of the molecule is Cc1cnc(-c2ncc(C(C)N)c(C)n2)c(C)c1. The van der Waals surface area contributed by atoms with Crippen LogP contribution in [0.2, 0.25) is 0 Å². The highest BCUT2D eigenvalue weighted by atomic mass is 14.9. The molecule has 0 aliphatic heterocycles. The summed E-state index contributed by atoms with van der Waals surface area (Å²) in [6, 6.07) is 2.03. The molecule has 0 aromatic carbocycles. The summed E-state index contributed by atoms with van der Waals surface area (Å²) in [7, 11) is 0. The third-order valence-electron chi connectivity index (χ3n) is 2.93. The molecule has 0 aliphatic rings. The third kappa shape index (κ3) is 2.38. The van der Waals surface area contributed by atoms with Gasteiger partial charge < -0.3 is 5.73 Å². The van der Waals surface area contributed by atoms with Gasteiger partial charge in [0.15, 0.2) is 5.82 Å². The Morgan fingerprint density at radius 3 is 2.39 bits per heavy atom. The van der Waals surface area contributed by atoms with Crippen LogP contribution in [-0.4, -0.2) is 15.0 Å². The molecule has 0 saturated heterocycles. The summed E-state index contributed by atoms with van der Waals surface area (Å²) in [6.45, 7) is 7.93. The Balaban J connectivity index is 2.49. The molecule has 1 atom stereocenters. The zero-order valence-corrected chi connectivity index (χ0v) is 11.2. The molecule has 2 N–H and O–H groups in total. The van der Waals surface area contributed by atoms with E-state index in [1.165, 1.54) is 0 Å². The maximum absolute atomic E-state index is 5.86. The standard InChI is InChI=1S/C14H18N4/c1-8-5-9(2)13(16-6-8)14-17-7-12(10(3)15)11(4)18-14/h5-7,10H,15H2,1-4H3. The molecular weight excluding hydrogens is 224 g/mol. The van der Waals surface area contributed by atoms with Gasteiger partial charge in [-0.2, -0.15) is 0 Å². The predicted octanol–water partition coefficient (Wildman–Crippen LogP) is 2.48. The Bertz CT molecular complexity index is 576. The van der Waals surface area contributed by atoms with Gasteiger partial charge >= 0.3 is 0 Å². The molecule has 0 amide bonds. The average molecular weight is 242 g/mol. The van der Waals surface area contributed by atoms with E-state index in [1.54, 1.807) is 6.20 Å². The second kappa shape index (κ2) is 4.82. The van der Waals surface area contributed by atoms with E-state index in [4.69, 9.17) is 5.73 Å². The molecule has 18 heavy (non-hydrogen) atoms. The Labute approximate surface area is 107 Å². The van der Waals surface area contributed by atoms with Gasteiger partial charge in [-0.3, -0.25) is 4.98 Å². The highest BCUT2D eigenvalue weighted by Gasteiger charge is 2.11. The van der Waals surface area contributed by atoms with Crippen molar-refractivity contribution < 1.29 is 0 Å². The van der Waals surface area contributed by atoms with E-state index in [-0.39, 0.29) is 6.04 Å². The van der Waals surface area contributed by atoms with Gasteiger partial charge in [-0.25, -0.2) is 9.97 Å². The molecule has 94 valence electrons. The van der Waals surface area contributed by atoms with E-state index < -0.39 is 0 Å². The summed E-state index contributed by atoms with van der Waals surface area (Å²) in [5.74, 6) is 0.661. The average Bonchev–Trinajstić information content (AvgIpc) is 2.28. The Kier molecular flexibility index (Phi) is 3.39. The molecule has 2 aromatic heterocycles. The molecule has 0 spiro atoms. The first-order chi connectivity index (χ1) is 8.49. The van der Waals surface area contributed by atoms with Crippen LogP contribution in [0.25, 0.3) is 11.5 Å². The fraction of sp³-hybridized carbons (Fsp3) is 0.357. The van der Waals surface area contributed by atoms with E-state index in [1.807, 2.05) is 33.9 Å². The van der Waals surface area contributed by atoms with Crippen molar-refractivity contribution in [2.45, 2.75) is 33.7 Å². The topological polar surface area (TPSA) is 64.7 Å². The molecule has 4 heteroatoms. The van der Waals surface area contributed by atoms with E-state index >= 15 is 0 Å². The van der Waals surface area contributed by atoms with E-state index in [2.05, 4.69) is 21.0 Å². The number of aryl methyl sites for hydroxylation is 3. The van der Waals surface area contributed by atoms with Crippen molar-refractivity contribution in [3.63, 3.8) is 0 Å². The number of nitrogens with zero attached hydrogens (tertiary/aromatic N) is 3. The molecule has 4 nitrogen and oxygen atoms in total. The molecule has 0 fully saturated rings. The van der Waals surface area contributed by atoms with Crippen molar-refractivity contribution in [3.8, 4) is 11.5 Å². The van der Waals surface area contributed by atoms with Gasteiger partial charge in [0, 0.05) is 29.7 Å². The maximum atomic E-state index is 5.86. The Morgan fingerprint density at radius 1 is 1.11 bits per heavy atom. The van der Waals surface area contributed by atoms with E-state index in [0.717, 1.165) is 28.1 Å². The Morgan fingerprint density at radius 2 is 1.83 bits per heavy atom. The van der Waals surface area contributed by atoms with Gasteiger partial charge in [-0.15, -0.1) is 0 Å². The van der Waals surface area contributed by atoms with Crippen LogP contribution in [0.4, 0.5) is 0 Å². The molecule has 1 unspecified atom stereocenters. The van der Waals surface area contributed by atoms with Gasteiger partial charge in [0.05, 0.1) is 0 Å². The third-order valence-corrected chi connectivity index (χ3v) is 2.93. The van der Waals surface area contributed by atoms with Crippen molar-refractivity contribution in [3.05, 3.63) is 40.8 Å². The lowest BCUT2D eigenvalue weighted by atomic mass is 10.1. The minimum Gasteiger partial charge on any atom is -0.324 e. The molecule has 2 heterocycles. The van der Waals surface area contributed by atoms with Gasteiger partial charge in [-0.1, -0.05) is 6.07 Å². The normalized spacial score (nSPS) is 12.5. The summed E-state index contributed by atoms with van der Waals surface area (Å²) >= 11 is 0. The molecule has 0 aliphatic carbocycles. The second-order valence-electron chi connectivity index (χ2n) is 4.70. The molecule has 0 saturated carbocycles. The van der Waals surface area contributed by atoms with E-state index in [0.29, 0.717) is 5.82 Å². The highest BCUT2D eigenvalue weighted by molar-refractivity contribution is 5.55. The van der Waals surface area contributed by atoms with Crippen LogP contribution < -0.4 is 5.73 Å². The smallest absolute Gasteiger partial charge is 0.178 e. The largest absolute Gasteiger partial charge is 0.324 e. The first-order valence-corrected chi connectivity index (χ1v) is 6.01. The van der Waals surface area contributed by atoms with Gasteiger partial charge in [0.25, 0.3) is 0 Å². The van der Waals surface area contributed by atoms with Crippen LogP contribution >= 0.6 is 0 Å². The van der Waals surface area contributed by atoms with Crippen molar-refractivity contribution in [1.82, 2.24) is 15.0 Å². The fourth-order valence-corrected chi connectivity index (χ4v) is 1.99. The summed E-state index contributed by atoms with van der Waals surface area (Å²) < 4.78 is 0. The molecule has 0 bridgehead atoms. The number of nitrogens with two attached hydrogens (primary N) is 1.